The molecule has 0 heterocycles. The van der Waals surface area contributed by atoms with Crippen molar-refractivity contribution in [2.75, 3.05) is 25.5 Å². The Bertz CT molecular complexity index is 839. The number of nitrogens with one attached hydrogen (secondary N) is 1. The van der Waals surface area contributed by atoms with E-state index in [9.17, 15) is 14.0 Å². The average Bonchev–Trinajstić information content (AvgIpc) is 2.67. The van der Waals surface area contributed by atoms with Crippen LogP contribution in [0.2, 0.25) is 0 Å². The molecule has 0 fully saturated rings. The van der Waals surface area contributed by atoms with Crippen LogP contribution in [-0.2, 0) is 11.3 Å². The van der Waals surface area contributed by atoms with Crippen molar-refractivity contribution in [1.29, 1.82) is 0 Å². The zero-order chi connectivity index (χ0) is 20.7. The lowest BCUT2D eigenvalue weighted by molar-refractivity contribution is 0.0673. The first-order chi connectivity index (χ1) is 13.2. The molecule has 0 aliphatic heterocycles. The van der Waals surface area contributed by atoms with Crippen molar-refractivity contribution in [2.45, 2.75) is 20.4 Å². The standard InChI is InChI=1S/C21H26FN3O3/c1-21(2,13-23)14-25(19(26)16-7-5-8-17(22)11-16)12-15-6-4-9-18(10-15)24-20(27)28-3/h4-11H,12-14,23H2,1-3H3,(H,24,27). The van der Waals surface area contributed by atoms with E-state index in [1.807, 2.05) is 19.9 Å². The molecule has 150 valence electrons. The predicted molar refractivity (Wildman–Crippen MR) is 106 cm³/mol. The predicted octanol–water partition coefficient (Wildman–Crippen LogP) is 3.63. The number of halogens is 1. The summed E-state index contributed by atoms with van der Waals surface area (Å²) >= 11 is 0. The smallest absolute Gasteiger partial charge is 0.411 e. The van der Waals surface area contributed by atoms with Crippen molar-refractivity contribution in [1.82, 2.24) is 4.90 Å². The van der Waals surface area contributed by atoms with Gasteiger partial charge in [-0.15, -0.1) is 0 Å². The second-order valence-corrected chi connectivity index (χ2v) is 7.36. The highest BCUT2D eigenvalue weighted by molar-refractivity contribution is 5.94. The summed E-state index contributed by atoms with van der Waals surface area (Å²) in [6.45, 7) is 5.01. The van der Waals surface area contributed by atoms with E-state index in [1.165, 1.54) is 25.3 Å². The summed E-state index contributed by atoms with van der Waals surface area (Å²) in [6.07, 6.45) is -0.575. The van der Waals surface area contributed by atoms with Crippen molar-refractivity contribution >= 4 is 17.7 Å². The van der Waals surface area contributed by atoms with Crippen LogP contribution in [0.25, 0.3) is 0 Å². The molecular weight excluding hydrogens is 361 g/mol. The molecule has 7 heteroatoms. The summed E-state index contributed by atoms with van der Waals surface area (Å²) < 4.78 is 18.2. The lowest BCUT2D eigenvalue weighted by Crippen LogP contribution is -2.41. The number of carbonyl (C=O) groups excluding carboxylic acids is 2. The van der Waals surface area contributed by atoms with Gasteiger partial charge in [0.1, 0.15) is 5.82 Å². The number of methoxy groups -OCH3 is 1. The number of anilines is 1. The van der Waals surface area contributed by atoms with Crippen molar-refractivity contribution in [2.24, 2.45) is 11.1 Å². The van der Waals surface area contributed by atoms with Gasteiger partial charge in [0.2, 0.25) is 0 Å². The first-order valence-corrected chi connectivity index (χ1v) is 8.93. The van der Waals surface area contributed by atoms with Crippen molar-refractivity contribution < 1.29 is 18.7 Å². The van der Waals surface area contributed by atoms with Gasteiger partial charge in [0.05, 0.1) is 7.11 Å². The molecule has 0 saturated carbocycles. The van der Waals surface area contributed by atoms with Crippen molar-refractivity contribution in [3.8, 4) is 0 Å². The third-order valence-corrected chi connectivity index (χ3v) is 4.26. The number of nitrogens with two attached hydrogens (primary N) is 1. The molecule has 0 unspecified atom stereocenters. The molecule has 0 aliphatic carbocycles. The third kappa shape index (κ3) is 6.06. The SMILES string of the molecule is COC(=O)Nc1cccc(CN(CC(C)(C)CN)C(=O)c2cccc(F)c2)c1. The summed E-state index contributed by atoms with van der Waals surface area (Å²) in [7, 11) is 1.29. The minimum Gasteiger partial charge on any atom is -0.453 e. The van der Waals surface area contributed by atoms with Crippen LogP contribution < -0.4 is 11.1 Å². The van der Waals surface area contributed by atoms with Crippen LogP contribution in [-0.4, -0.2) is 37.1 Å². The van der Waals surface area contributed by atoms with Gasteiger partial charge in [-0.1, -0.05) is 32.0 Å². The summed E-state index contributed by atoms with van der Waals surface area (Å²) in [6, 6.07) is 12.7. The highest BCUT2D eigenvalue weighted by atomic mass is 19.1. The van der Waals surface area contributed by atoms with E-state index >= 15 is 0 Å². The third-order valence-electron chi connectivity index (χ3n) is 4.26. The first-order valence-electron chi connectivity index (χ1n) is 8.93. The van der Waals surface area contributed by atoms with Crippen molar-refractivity contribution in [3.05, 3.63) is 65.5 Å². The van der Waals surface area contributed by atoms with Gasteiger partial charge in [-0.2, -0.15) is 0 Å². The summed E-state index contributed by atoms with van der Waals surface area (Å²) in [5, 5.41) is 2.60. The highest BCUT2D eigenvalue weighted by Gasteiger charge is 2.25. The van der Waals surface area contributed by atoms with E-state index in [4.69, 9.17) is 5.73 Å². The Labute approximate surface area is 164 Å². The van der Waals surface area contributed by atoms with Crippen LogP contribution in [0.15, 0.2) is 48.5 Å². The number of carbonyl (C=O) groups is 2. The Morgan fingerprint density at radius 2 is 1.89 bits per heavy atom. The van der Waals surface area contributed by atoms with Crippen LogP contribution in [0, 0.1) is 11.2 Å². The van der Waals surface area contributed by atoms with Crippen LogP contribution >= 0.6 is 0 Å². The fraction of sp³-hybridized carbons (Fsp3) is 0.333. The Morgan fingerprint density at radius 3 is 2.54 bits per heavy atom. The number of amides is 2. The molecule has 28 heavy (non-hydrogen) atoms. The van der Waals surface area contributed by atoms with Gasteiger partial charge in [-0.05, 0) is 47.9 Å². The van der Waals surface area contributed by atoms with Gasteiger partial charge in [0, 0.05) is 24.3 Å². The molecule has 0 saturated heterocycles. The highest BCUT2D eigenvalue weighted by Crippen LogP contribution is 2.21. The molecule has 2 rings (SSSR count). The lowest BCUT2D eigenvalue weighted by atomic mass is 9.92. The molecule has 0 spiro atoms. The van der Waals surface area contributed by atoms with Crippen molar-refractivity contribution in [3.63, 3.8) is 0 Å². The molecule has 6 nitrogen and oxygen atoms in total. The molecule has 2 aromatic carbocycles. The second kappa shape index (κ2) is 9.32. The molecule has 2 amide bonds. The Balaban J connectivity index is 2.28. The number of rotatable bonds is 7. The molecule has 0 bridgehead atoms. The molecule has 2 aromatic rings. The zero-order valence-corrected chi connectivity index (χ0v) is 16.4. The zero-order valence-electron chi connectivity index (χ0n) is 16.4. The second-order valence-electron chi connectivity index (χ2n) is 7.36. The molecule has 0 aromatic heterocycles. The van der Waals surface area contributed by atoms with Crippen LogP contribution in [0.4, 0.5) is 14.9 Å². The normalized spacial score (nSPS) is 11.0. The van der Waals surface area contributed by atoms with E-state index in [1.54, 1.807) is 29.2 Å². The van der Waals surface area contributed by atoms with E-state index in [2.05, 4.69) is 10.1 Å². The Hall–Kier alpha value is -2.93. The number of hydrogen-bond acceptors (Lipinski definition) is 4. The maximum Gasteiger partial charge on any atom is 0.411 e. The Morgan fingerprint density at radius 1 is 1.18 bits per heavy atom. The number of nitrogens with zero attached hydrogens (tertiary/aromatic N) is 1. The van der Waals surface area contributed by atoms with Gasteiger partial charge in [-0.3, -0.25) is 10.1 Å². The molecule has 3 N–H and O–H groups in total. The lowest BCUT2D eigenvalue weighted by Gasteiger charge is -2.32. The largest absolute Gasteiger partial charge is 0.453 e. The minimum absolute atomic E-state index is 0.275. The maximum absolute atomic E-state index is 13.6. The first kappa shape index (κ1) is 21.4. The fourth-order valence-corrected chi connectivity index (χ4v) is 2.72. The minimum atomic E-state index is -0.575. The summed E-state index contributed by atoms with van der Waals surface area (Å²) in [5.74, 6) is -0.750. The summed E-state index contributed by atoms with van der Waals surface area (Å²) in [4.78, 5) is 26.1. The molecule has 0 radical (unpaired) electrons. The van der Waals surface area contributed by atoms with E-state index < -0.39 is 11.9 Å². The topological polar surface area (TPSA) is 84.7 Å². The summed E-state index contributed by atoms with van der Waals surface area (Å²) in [5.41, 5.74) is 7.17. The molecular formula is C21H26FN3O3. The van der Waals surface area contributed by atoms with Gasteiger partial charge in [0.25, 0.3) is 5.91 Å². The maximum atomic E-state index is 13.6. The monoisotopic (exact) mass is 387 g/mol. The van der Waals surface area contributed by atoms with Crippen LogP contribution in [0.1, 0.15) is 29.8 Å². The number of ether oxygens (including phenoxy) is 1. The van der Waals surface area contributed by atoms with Gasteiger partial charge < -0.3 is 15.4 Å². The number of benzene rings is 2. The van der Waals surface area contributed by atoms with Gasteiger partial charge in [-0.25, -0.2) is 9.18 Å². The van der Waals surface area contributed by atoms with Gasteiger partial charge in [0.15, 0.2) is 0 Å². The molecule has 0 atom stereocenters. The van der Waals surface area contributed by atoms with Crippen LogP contribution in [0.5, 0.6) is 0 Å². The van der Waals surface area contributed by atoms with E-state index in [0.29, 0.717) is 18.8 Å². The fourth-order valence-electron chi connectivity index (χ4n) is 2.72. The average molecular weight is 387 g/mol. The molecule has 0 aliphatic rings. The van der Waals surface area contributed by atoms with Gasteiger partial charge >= 0.3 is 6.09 Å². The van der Waals surface area contributed by atoms with Crippen LogP contribution in [0.3, 0.4) is 0 Å². The Kier molecular flexibility index (Phi) is 7.12. The quantitative estimate of drug-likeness (QED) is 0.760. The van der Waals surface area contributed by atoms with E-state index in [0.717, 1.165) is 5.56 Å². The number of hydrogen-bond donors (Lipinski definition) is 2. The van der Waals surface area contributed by atoms with E-state index in [-0.39, 0.29) is 23.4 Å².